The van der Waals surface area contributed by atoms with E-state index in [0.29, 0.717) is 33.2 Å². The van der Waals surface area contributed by atoms with Crippen molar-refractivity contribution >= 4 is 22.5 Å². The van der Waals surface area contributed by atoms with Crippen LogP contribution in [-0.2, 0) is 13.0 Å². The molecule has 5 rings (SSSR count). The van der Waals surface area contributed by atoms with Gasteiger partial charge in [-0.1, -0.05) is 60.1 Å². The van der Waals surface area contributed by atoms with Crippen LogP contribution in [0.5, 0.6) is 0 Å². The van der Waals surface area contributed by atoms with E-state index in [0.717, 1.165) is 22.1 Å². The summed E-state index contributed by atoms with van der Waals surface area (Å²) in [5.41, 5.74) is 2.94. The quantitative estimate of drug-likeness (QED) is 0.413. The lowest BCUT2D eigenvalue weighted by Gasteiger charge is -2.07. The van der Waals surface area contributed by atoms with Gasteiger partial charge in [0.25, 0.3) is 11.4 Å². The van der Waals surface area contributed by atoms with E-state index in [4.69, 9.17) is 16.1 Å². The first-order valence-corrected chi connectivity index (χ1v) is 10.8. The van der Waals surface area contributed by atoms with E-state index >= 15 is 0 Å². The minimum atomic E-state index is -0.508. The molecule has 0 fully saturated rings. The molecule has 0 radical (unpaired) electrons. The first-order valence-electron chi connectivity index (χ1n) is 10.5. The maximum Gasteiger partial charge on any atom is 0.329 e. The Hall–Kier alpha value is -3.97. The SMILES string of the molecule is CCc1ccc(-c2noc(-c3ccc4c(=O)n(Cc5cccc(Cl)c5)c(=O)[nH]c4c3)n2)cc1. The molecule has 2 heterocycles. The van der Waals surface area contributed by atoms with Gasteiger partial charge in [-0.25, -0.2) is 4.79 Å². The summed E-state index contributed by atoms with van der Waals surface area (Å²) in [5, 5.41) is 5.00. The Morgan fingerprint density at radius 2 is 1.76 bits per heavy atom. The van der Waals surface area contributed by atoms with Gasteiger partial charge in [0.05, 0.1) is 17.4 Å². The Balaban J connectivity index is 1.50. The van der Waals surface area contributed by atoms with E-state index in [2.05, 4.69) is 22.0 Å². The van der Waals surface area contributed by atoms with Crippen LogP contribution in [0.4, 0.5) is 0 Å². The Bertz CT molecular complexity index is 1580. The van der Waals surface area contributed by atoms with Gasteiger partial charge in [0, 0.05) is 16.1 Å². The Kier molecular flexibility index (Phi) is 5.40. The lowest BCUT2D eigenvalue weighted by atomic mass is 10.1. The van der Waals surface area contributed by atoms with Crippen LogP contribution < -0.4 is 11.2 Å². The molecule has 0 aliphatic carbocycles. The molecule has 3 aromatic carbocycles. The summed E-state index contributed by atoms with van der Waals surface area (Å²) in [6.07, 6.45) is 0.952. The van der Waals surface area contributed by atoms with Gasteiger partial charge in [0.1, 0.15) is 0 Å². The second-order valence-corrected chi connectivity index (χ2v) is 8.12. The summed E-state index contributed by atoms with van der Waals surface area (Å²) in [6, 6.07) is 20.1. The van der Waals surface area contributed by atoms with Crippen molar-refractivity contribution in [1.82, 2.24) is 19.7 Å². The van der Waals surface area contributed by atoms with E-state index in [1.165, 1.54) is 5.56 Å². The van der Waals surface area contributed by atoms with Crippen LogP contribution in [0.15, 0.2) is 80.8 Å². The predicted octanol–water partition coefficient (Wildman–Crippen LogP) is 4.67. The highest BCUT2D eigenvalue weighted by Gasteiger charge is 2.14. The summed E-state index contributed by atoms with van der Waals surface area (Å²) < 4.78 is 6.59. The summed E-state index contributed by atoms with van der Waals surface area (Å²) in [7, 11) is 0. The molecular weight excluding hydrogens is 440 g/mol. The molecule has 5 aromatic rings. The molecule has 0 aliphatic rings. The third-order valence-electron chi connectivity index (χ3n) is 5.50. The maximum absolute atomic E-state index is 13.0. The number of aromatic nitrogens is 4. The number of H-pyrrole nitrogens is 1. The Morgan fingerprint density at radius 3 is 2.52 bits per heavy atom. The Labute approximate surface area is 193 Å². The fourth-order valence-corrected chi connectivity index (χ4v) is 3.91. The lowest BCUT2D eigenvalue weighted by molar-refractivity contribution is 0.432. The van der Waals surface area contributed by atoms with Gasteiger partial charge in [0.15, 0.2) is 0 Å². The summed E-state index contributed by atoms with van der Waals surface area (Å²) in [5.74, 6) is 0.772. The molecule has 33 heavy (non-hydrogen) atoms. The highest BCUT2D eigenvalue weighted by Crippen LogP contribution is 2.24. The first kappa shape index (κ1) is 20.9. The third kappa shape index (κ3) is 4.10. The fourth-order valence-electron chi connectivity index (χ4n) is 3.70. The summed E-state index contributed by atoms with van der Waals surface area (Å²) in [4.78, 5) is 32.9. The molecule has 2 aromatic heterocycles. The zero-order valence-electron chi connectivity index (χ0n) is 17.7. The van der Waals surface area contributed by atoms with Crippen molar-refractivity contribution in [3.8, 4) is 22.8 Å². The van der Waals surface area contributed by atoms with Crippen LogP contribution >= 0.6 is 11.6 Å². The van der Waals surface area contributed by atoms with E-state index in [1.54, 1.807) is 36.4 Å². The fraction of sp³-hybridized carbons (Fsp3) is 0.120. The van der Waals surface area contributed by atoms with Gasteiger partial charge in [0.2, 0.25) is 5.82 Å². The molecular formula is C25H19ClN4O3. The van der Waals surface area contributed by atoms with Crippen molar-refractivity contribution in [3.05, 3.63) is 104 Å². The molecule has 0 spiro atoms. The number of benzene rings is 3. The number of hydrogen-bond acceptors (Lipinski definition) is 5. The molecule has 8 heteroatoms. The minimum absolute atomic E-state index is 0.121. The average molecular weight is 459 g/mol. The maximum atomic E-state index is 13.0. The van der Waals surface area contributed by atoms with Crippen LogP contribution in [0.25, 0.3) is 33.7 Å². The number of aryl methyl sites for hydroxylation is 1. The molecule has 0 bridgehead atoms. The van der Waals surface area contributed by atoms with Crippen LogP contribution in [-0.4, -0.2) is 19.7 Å². The van der Waals surface area contributed by atoms with Gasteiger partial charge in [-0.3, -0.25) is 9.36 Å². The number of nitrogens with one attached hydrogen (secondary N) is 1. The van der Waals surface area contributed by atoms with Crippen molar-refractivity contribution in [2.45, 2.75) is 19.9 Å². The standard InChI is InChI=1S/C25H19ClN4O3/c1-2-15-6-8-17(9-7-15)22-28-23(33-29-22)18-10-11-20-21(13-18)27-25(32)30(24(20)31)14-16-4-3-5-19(26)12-16/h3-13H,2,14H2,1H3,(H,27,32). The minimum Gasteiger partial charge on any atom is -0.334 e. The number of hydrogen-bond donors (Lipinski definition) is 1. The largest absolute Gasteiger partial charge is 0.334 e. The molecule has 7 nitrogen and oxygen atoms in total. The highest BCUT2D eigenvalue weighted by molar-refractivity contribution is 6.30. The van der Waals surface area contributed by atoms with Crippen molar-refractivity contribution in [3.63, 3.8) is 0 Å². The topological polar surface area (TPSA) is 93.8 Å². The van der Waals surface area contributed by atoms with E-state index in [9.17, 15) is 9.59 Å². The second-order valence-electron chi connectivity index (χ2n) is 7.69. The first-order chi connectivity index (χ1) is 16.0. The molecule has 0 atom stereocenters. The smallest absolute Gasteiger partial charge is 0.329 e. The van der Waals surface area contributed by atoms with Crippen molar-refractivity contribution in [2.24, 2.45) is 0 Å². The molecule has 164 valence electrons. The molecule has 0 aliphatic heterocycles. The number of aromatic amines is 1. The van der Waals surface area contributed by atoms with Crippen molar-refractivity contribution < 1.29 is 4.52 Å². The molecule has 0 amide bonds. The van der Waals surface area contributed by atoms with Crippen LogP contribution in [0.3, 0.4) is 0 Å². The highest BCUT2D eigenvalue weighted by atomic mass is 35.5. The predicted molar refractivity (Wildman–Crippen MR) is 127 cm³/mol. The van der Waals surface area contributed by atoms with E-state index in [1.807, 2.05) is 30.3 Å². The average Bonchev–Trinajstić information content (AvgIpc) is 3.32. The Morgan fingerprint density at radius 1 is 0.970 bits per heavy atom. The second kappa shape index (κ2) is 8.52. The van der Waals surface area contributed by atoms with Gasteiger partial charge in [-0.2, -0.15) is 4.98 Å². The van der Waals surface area contributed by atoms with Gasteiger partial charge >= 0.3 is 5.69 Å². The van der Waals surface area contributed by atoms with Crippen LogP contribution in [0, 0.1) is 0 Å². The van der Waals surface area contributed by atoms with Crippen molar-refractivity contribution in [1.29, 1.82) is 0 Å². The molecule has 0 saturated carbocycles. The van der Waals surface area contributed by atoms with E-state index < -0.39 is 5.69 Å². The van der Waals surface area contributed by atoms with Gasteiger partial charge < -0.3 is 9.51 Å². The van der Waals surface area contributed by atoms with Crippen LogP contribution in [0.2, 0.25) is 5.02 Å². The monoisotopic (exact) mass is 458 g/mol. The zero-order chi connectivity index (χ0) is 22.9. The van der Waals surface area contributed by atoms with Gasteiger partial charge in [-0.05, 0) is 47.9 Å². The normalized spacial score (nSPS) is 11.2. The summed E-state index contributed by atoms with van der Waals surface area (Å²) in [6.45, 7) is 2.22. The lowest BCUT2D eigenvalue weighted by Crippen LogP contribution is -2.35. The third-order valence-corrected chi connectivity index (χ3v) is 5.74. The van der Waals surface area contributed by atoms with Gasteiger partial charge in [-0.15, -0.1) is 0 Å². The molecule has 0 saturated heterocycles. The van der Waals surface area contributed by atoms with Crippen LogP contribution in [0.1, 0.15) is 18.1 Å². The zero-order valence-corrected chi connectivity index (χ0v) is 18.5. The molecule has 0 unspecified atom stereocenters. The number of rotatable bonds is 5. The van der Waals surface area contributed by atoms with Crippen molar-refractivity contribution in [2.75, 3.05) is 0 Å². The molecule has 1 N–H and O–H groups in total. The summed E-state index contributed by atoms with van der Waals surface area (Å²) >= 11 is 6.02. The van der Waals surface area contributed by atoms with E-state index in [-0.39, 0.29) is 12.1 Å². The number of halogens is 1. The number of nitrogens with zero attached hydrogens (tertiary/aromatic N) is 3. The number of fused-ring (bicyclic) bond motifs is 1.